The molecule has 0 atom stereocenters. The standard InChI is InChI=1S/C23H20O4S2/c1-15(2)22(25)28-19-10-5-17(6-11-19)7-14-21(24)27-18-8-12-20(13-9-18)29-23(26)16(3)4/h5-14H,1,3H2,2,4H3. The van der Waals surface area contributed by atoms with E-state index in [-0.39, 0.29) is 10.2 Å². The summed E-state index contributed by atoms with van der Waals surface area (Å²) in [7, 11) is 0. The highest BCUT2D eigenvalue weighted by Crippen LogP contribution is 2.24. The minimum atomic E-state index is -0.515. The summed E-state index contributed by atoms with van der Waals surface area (Å²) in [6, 6.07) is 13.9. The molecule has 6 heteroatoms. The Morgan fingerprint density at radius 3 is 1.69 bits per heavy atom. The zero-order valence-electron chi connectivity index (χ0n) is 16.1. The third kappa shape index (κ3) is 7.60. The third-order valence-electron chi connectivity index (χ3n) is 3.45. The van der Waals surface area contributed by atoms with Crippen LogP contribution in [0.15, 0.2) is 88.7 Å². The van der Waals surface area contributed by atoms with Crippen LogP contribution in [-0.2, 0) is 14.4 Å². The minimum Gasteiger partial charge on any atom is -0.423 e. The summed E-state index contributed by atoms with van der Waals surface area (Å²) in [5.74, 6) is -0.129. The van der Waals surface area contributed by atoms with Crippen LogP contribution in [0.1, 0.15) is 19.4 Å². The Morgan fingerprint density at radius 1 is 0.793 bits per heavy atom. The van der Waals surface area contributed by atoms with E-state index < -0.39 is 5.97 Å². The summed E-state index contributed by atoms with van der Waals surface area (Å²) in [5, 5.41) is -0.184. The van der Waals surface area contributed by atoms with Gasteiger partial charge in [-0.3, -0.25) is 9.59 Å². The molecule has 0 fully saturated rings. The van der Waals surface area contributed by atoms with E-state index in [2.05, 4.69) is 13.2 Å². The Hall–Kier alpha value is -2.83. The van der Waals surface area contributed by atoms with Gasteiger partial charge in [-0.15, -0.1) is 0 Å². The molecule has 2 rings (SSSR count). The van der Waals surface area contributed by atoms with Gasteiger partial charge in [0.2, 0.25) is 10.2 Å². The first-order valence-electron chi connectivity index (χ1n) is 8.60. The predicted octanol–water partition coefficient (Wildman–Crippen LogP) is 5.70. The molecular formula is C23H20O4S2. The summed E-state index contributed by atoms with van der Waals surface area (Å²) >= 11 is 2.18. The average molecular weight is 425 g/mol. The lowest BCUT2D eigenvalue weighted by molar-refractivity contribution is -0.128. The number of hydrogen-bond donors (Lipinski definition) is 0. The Bertz CT molecular complexity index is 971. The van der Waals surface area contributed by atoms with Crippen LogP contribution >= 0.6 is 23.5 Å². The molecule has 0 aliphatic rings. The van der Waals surface area contributed by atoms with Crippen molar-refractivity contribution < 1.29 is 19.1 Å². The number of benzene rings is 2. The number of rotatable bonds is 7. The quantitative estimate of drug-likeness (QED) is 0.246. The molecule has 0 spiro atoms. The Morgan fingerprint density at radius 2 is 1.24 bits per heavy atom. The maximum absolute atomic E-state index is 12.0. The Labute approximate surface area is 178 Å². The first-order chi connectivity index (χ1) is 13.7. The molecular weight excluding hydrogens is 404 g/mol. The second-order valence-electron chi connectivity index (χ2n) is 6.13. The molecule has 0 aliphatic carbocycles. The van der Waals surface area contributed by atoms with Gasteiger partial charge < -0.3 is 4.74 Å². The lowest BCUT2D eigenvalue weighted by Crippen LogP contribution is -2.03. The van der Waals surface area contributed by atoms with Gasteiger partial charge in [-0.25, -0.2) is 4.79 Å². The van der Waals surface area contributed by atoms with Gasteiger partial charge in [0, 0.05) is 15.9 Å². The van der Waals surface area contributed by atoms with Crippen LogP contribution in [0.2, 0.25) is 0 Å². The van der Waals surface area contributed by atoms with E-state index in [9.17, 15) is 14.4 Å². The van der Waals surface area contributed by atoms with E-state index in [0.29, 0.717) is 16.9 Å². The van der Waals surface area contributed by atoms with Gasteiger partial charge in [-0.1, -0.05) is 25.3 Å². The lowest BCUT2D eigenvalue weighted by atomic mass is 10.2. The molecule has 29 heavy (non-hydrogen) atoms. The van der Waals surface area contributed by atoms with Gasteiger partial charge in [0.05, 0.1) is 0 Å². The molecule has 0 heterocycles. The first-order valence-corrected chi connectivity index (χ1v) is 10.2. The second-order valence-corrected chi connectivity index (χ2v) is 8.23. The second kappa shape index (κ2) is 10.6. The van der Waals surface area contributed by atoms with E-state index >= 15 is 0 Å². The zero-order valence-corrected chi connectivity index (χ0v) is 17.8. The smallest absolute Gasteiger partial charge is 0.336 e. The third-order valence-corrected chi connectivity index (χ3v) is 5.54. The number of thioether (sulfide) groups is 2. The number of carbonyl (C=O) groups is 3. The van der Waals surface area contributed by atoms with Crippen molar-refractivity contribution in [2.45, 2.75) is 23.6 Å². The van der Waals surface area contributed by atoms with Gasteiger partial charge >= 0.3 is 5.97 Å². The molecule has 0 bridgehead atoms. The van der Waals surface area contributed by atoms with Crippen LogP contribution < -0.4 is 4.74 Å². The number of ether oxygens (including phenoxy) is 1. The largest absolute Gasteiger partial charge is 0.423 e. The lowest BCUT2D eigenvalue weighted by Gasteiger charge is -2.04. The van der Waals surface area contributed by atoms with Crippen molar-refractivity contribution in [2.75, 3.05) is 0 Å². The molecule has 0 unspecified atom stereocenters. The average Bonchev–Trinajstić information content (AvgIpc) is 2.68. The fourth-order valence-electron chi connectivity index (χ4n) is 1.93. The molecule has 0 amide bonds. The van der Waals surface area contributed by atoms with Gasteiger partial charge in [0.1, 0.15) is 5.75 Å². The van der Waals surface area contributed by atoms with Crippen LogP contribution in [0.5, 0.6) is 5.75 Å². The van der Waals surface area contributed by atoms with Crippen molar-refractivity contribution in [3.05, 3.63) is 84.5 Å². The molecule has 0 saturated heterocycles. The molecule has 2 aromatic carbocycles. The van der Waals surface area contributed by atoms with Crippen molar-refractivity contribution in [3.63, 3.8) is 0 Å². The maximum Gasteiger partial charge on any atom is 0.336 e. The molecule has 0 radical (unpaired) electrons. The topological polar surface area (TPSA) is 60.4 Å². The van der Waals surface area contributed by atoms with E-state index in [1.165, 1.54) is 6.08 Å². The Kier molecular flexibility index (Phi) is 8.24. The fraction of sp³-hybridized carbons (Fsp3) is 0.0870. The van der Waals surface area contributed by atoms with Crippen LogP contribution in [0, 0.1) is 0 Å². The highest BCUT2D eigenvalue weighted by molar-refractivity contribution is 8.14. The minimum absolute atomic E-state index is 0.0784. The number of hydrogen-bond acceptors (Lipinski definition) is 6. The molecule has 0 N–H and O–H groups in total. The number of carbonyl (C=O) groups excluding carboxylic acids is 3. The van der Waals surface area contributed by atoms with Crippen LogP contribution in [0.25, 0.3) is 6.08 Å². The predicted molar refractivity (Wildman–Crippen MR) is 119 cm³/mol. The number of esters is 1. The molecule has 0 saturated carbocycles. The van der Waals surface area contributed by atoms with Crippen molar-refractivity contribution in [1.82, 2.24) is 0 Å². The highest BCUT2D eigenvalue weighted by atomic mass is 32.2. The molecule has 4 nitrogen and oxygen atoms in total. The van der Waals surface area contributed by atoms with Crippen molar-refractivity contribution in [1.29, 1.82) is 0 Å². The van der Waals surface area contributed by atoms with E-state index in [1.807, 2.05) is 12.1 Å². The van der Waals surface area contributed by atoms with E-state index in [4.69, 9.17) is 4.74 Å². The first kappa shape index (κ1) is 22.5. The summed E-state index contributed by atoms with van der Waals surface area (Å²) in [6.45, 7) is 10.6. The molecule has 2 aromatic rings. The van der Waals surface area contributed by atoms with Gasteiger partial charge in [-0.05, 0) is 96.6 Å². The fourth-order valence-corrected chi connectivity index (χ4v) is 3.25. The molecule has 148 valence electrons. The normalized spacial score (nSPS) is 10.6. The summed E-state index contributed by atoms with van der Waals surface area (Å²) < 4.78 is 5.25. The van der Waals surface area contributed by atoms with E-state index in [0.717, 1.165) is 38.9 Å². The van der Waals surface area contributed by atoms with Gasteiger partial charge in [0.15, 0.2) is 0 Å². The summed E-state index contributed by atoms with van der Waals surface area (Å²) in [4.78, 5) is 36.8. The van der Waals surface area contributed by atoms with Crippen molar-refractivity contribution >= 4 is 45.8 Å². The molecule has 0 aliphatic heterocycles. The summed E-state index contributed by atoms with van der Waals surface area (Å²) in [5.41, 5.74) is 1.78. The van der Waals surface area contributed by atoms with Gasteiger partial charge in [0.25, 0.3) is 0 Å². The maximum atomic E-state index is 12.0. The van der Waals surface area contributed by atoms with Crippen molar-refractivity contribution in [3.8, 4) is 5.75 Å². The SMILES string of the molecule is C=C(C)C(=O)Sc1ccc(C=CC(=O)Oc2ccc(SC(=O)C(=C)C)cc2)cc1. The monoisotopic (exact) mass is 424 g/mol. The Balaban J connectivity index is 1.90. The molecule has 0 aromatic heterocycles. The van der Waals surface area contributed by atoms with Crippen LogP contribution in [0.4, 0.5) is 0 Å². The zero-order chi connectivity index (χ0) is 21.4. The van der Waals surface area contributed by atoms with Gasteiger partial charge in [-0.2, -0.15) is 0 Å². The van der Waals surface area contributed by atoms with Crippen molar-refractivity contribution in [2.24, 2.45) is 0 Å². The van der Waals surface area contributed by atoms with Crippen LogP contribution in [0.3, 0.4) is 0 Å². The summed E-state index contributed by atoms with van der Waals surface area (Å²) in [6.07, 6.45) is 2.96. The highest BCUT2D eigenvalue weighted by Gasteiger charge is 2.07. The van der Waals surface area contributed by atoms with E-state index in [1.54, 1.807) is 56.3 Å². The van der Waals surface area contributed by atoms with Crippen LogP contribution in [-0.4, -0.2) is 16.2 Å².